The molecule has 1 aromatic carbocycles. The van der Waals surface area contributed by atoms with E-state index in [9.17, 15) is 46.0 Å². The molecule has 0 heterocycles. The maximum atomic E-state index is 12.7. The van der Waals surface area contributed by atoms with Crippen LogP contribution in [0.4, 0.5) is 37.7 Å². The number of nitrogens with one attached hydrogen (secondary N) is 1. The van der Waals surface area contributed by atoms with E-state index in [2.05, 4.69) is 0 Å². The van der Waals surface area contributed by atoms with E-state index in [0.29, 0.717) is 0 Å². The lowest BCUT2D eigenvalue weighted by Crippen LogP contribution is -2.30. The van der Waals surface area contributed by atoms with Gasteiger partial charge in [-0.15, -0.1) is 0 Å². The first-order valence-electron chi connectivity index (χ1n) is 5.26. The Balaban J connectivity index is 3.59. The van der Waals surface area contributed by atoms with Gasteiger partial charge < -0.3 is 10.4 Å². The Morgan fingerprint density at radius 2 is 1.65 bits per heavy atom. The summed E-state index contributed by atoms with van der Waals surface area (Å²) >= 11 is 0. The normalized spacial score (nSPS) is 11.9. The lowest BCUT2D eigenvalue weighted by molar-refractivity contribution is -0.384. The van der Waals surface area contributed by atoms with E-state index in [0.717, 1.165) is 5.32 Å². The minimum Gasteiger partial charge on any atom is -0.478 e. The number of benzene rings is 1. The molecule has 0 radical (unpaired) electrons. The quantitative estimate of drug-likeness (QED) is 0.497. The van der Waals surface area contributed by atoms with Crippen LogP contribution in [0.15, 0.2) is 12.1 Å². The SMILES string of the molecule is O=C(O)c1cc([N+](=O)[O-])c(NC(=O)C(F)(F)F)cc1C(F)(F)F. The molecule has 0 aliphatic heterocycles. The highest BCUT2D eigenvalue weighted by Crippen LogP contribution is 2.38. The van der Waals surface area contributed by atoms with Crippen molar-refractivity contribution in [1.82, 2.24) is 0 Å². The van der Waals surface area contributed by atoms with Gasteiger partial charge in [-0.2, -0.15) is 26.3 Å². The molecule has 0 unspecified atom stereocenters. The van der Waals surface area contributed by atoms with Crippen molar-refractivity contribution >= 4 is 23.3 Å². The second kappa shape index (κ2) is 5.73. The van der Waals surface area contributed by atoms with Gasteiger partial charge in [-0.25, -0.2) is 4.79 Å². The molecule has 1 amide bonds. The van der Waals surface area contributed by atoms with E-state index >= 15 is 0 Å². The zero-order valence-electron chi connectivity index (χ0n) is 10.4. The molecule has 23 heavy (non-hydrogen) atoms. The van der Waals surface area contributed by atoms with Gasteiger partial charge in [0.1, 0.15) is 5.69 Å². The molecular formula is C10H4F6N2O5. The van der Waals surface area contributed by atoms with Gasteiger partial charge in [0.15, 0.2) is 0 Å². The molecule has 0 saturated carbocycles. The van der Waals surface area contributed by atoms with E-state index < -0.39 is 51.7 Å². The number of alkyl halides is 6. The molecule has 13 heteroatoms. The predicted molar refractivity (Wildman–Crippen MR) is 59.7 cm³/mol. The molecule has 7 nitrogen and oxygen atoms in total. The van der Waals surface area contributed by atoms with Gasteiger partial charge in [0.25, 0.3) is 5.69 Å². The third kappa shape index (κ3) is 4.08. The van der Waals surface area contributed by atoms with Crippen molar-refractivity contribution < 1.29 is 46.0 Å². The smallest absolute Gasteiger partial charge is 0.471 e. The van der Waals surface area contributed by atoms with Crippen molar-refractivity contribution in [2.75, 3.05) is 5.32 Å². The highest BCUT2D eigenvalue weighted by molar-refractivity contribution is 5.99. The number of nitro groups is 1. The number of carboxylic acid groups (broad SMARTS) is 1. The number of anilines is 1. The molecule has 0 aromatic heterocycles. The topological polar surface area (TPSA) is 110 Å². The van der Waals surface area contributed by atoms with Crippen molar-refractivity contribution in [1.29, 1.82) is 0 Å². The summed E-state index contributed by atoms with van der Waals surface area (Å²) in [5.74, 6) is -4.94. The zero-order valence-corrected chi connectivity index (χ0v) is 10.4. The van der Waals surface area contributed by atoms with E-state index in [1.54, 1.807) is 0 Å². The van der Waals surface area contributed by atoms with E-state index in [4.69, 9.17) is 5.11 Å². The monoisotopic (exact) mass is 346 g/mol. The Hall–Kier alpha value is -2.86. The summed E-state index contributed by atoms with van der Waals surface area (Å²) in [7, 11) is 0. The van der Waals surface area contributed by atoms with E-state index in [-0.39, 0.29) is 12.1 Å². The van der Waals surface area contributed by atoms with Crippen LogP contribution in [0.5, 0.6) is 0 Å². The van der Waals surface area contributed by atoms with Crippen molar-refractivity contribution in [3.63, 3.8) is 0 Å². The molecule has 0 saturated heterocycles. The van der Waals surface area contributed by atoms with Gasteiger partial charge in [0, 0.05) is 6.07 Å². The Kier molecular flexibility index (Phi) is 4.54. The molecule has 0 fully saturated rings. The Labute approximate surface area is 121 Å². The fraction of sp³-hybridized carbons (Fsp3) is 0.200. The highest BCUT2D eigenvalue weighted by atomic mass is 19.4. The second-order valence-electron chi connectivity index (χ2n) is 3.93. The number of aromatic carboxylic acids is 1. The van der Waals surface area contributed by atoms with Crippen LogP contribution in [0.1, 0.15) is 15.9 Å². The number of halogens is 6. The summed E-state index contributed by atoms with van der Waals surface area (Å²) in [6, 6.07) is -0.331. The average Bonchev–Trinajstić information content (AvgIpc) is 2.35. The summed E-state index contributed by atoms with van der Waals surface area (Å²) in [6.07, 6.45) is -10.8. The molecular weight excluding hydrogens is 342 g/mol. The third-order valence-electron chi connectivity index (χ3n) is 2.37. The summed E-state index contributed by atoms with van der Waals surface area (Å²) in [5.41, 5.74) is -6.37. The number of nitrogens with zero attached hydrogens (tertiary/aromatic N) is 1. The van der Waals surface area contributed by atoms with Gasteiger partial charge in [0.2, 0.25) is 0 Å². The highest BCUT2D eigenvalue weighted by Gasteiger charge is 2.42. The van der Waals surface area contributed by atoms with Gasteiger partial charge in [-0.1, -0.05) is 0 Å². The van der Waals surface area contributed by atoms with Crippen LogP contribution in [0.25, 0.3) is 0 Å². The van der Waals surface area contributed by atoms with Crippen LogP contribution in [-0.4, -0.2) is 28.1 Å². The molecule has 1 aromatic rings. The summed E-state index contributed by atoms with van der Waals surface area (Å²) in [4.78, 5) is 30.7. The van der Waals surface area contributed by atoms with E-state index in [1.165, 1.54) is 0 Å². The molecule has 0 spiro atoms. The Morgan fingerprint density at radius 3 is 2.00 bits per heavy atom. The first-order valence-corrected chi connectivity index (χ1v) is 5.26. The second-order valence-corrected chi connectivity index (χ2v) is 3.93. The number of carbonyl (C=O) groups is 2. The largest absolute Gasteiger partial charge is 0.478 e. The maximum Gasteiger partial charge on any atom is 0.471 e. The first-order chi connectivity index (χ1) is 10.2. The lowest BCUT2D eigenvalue weighted by Gasteiger charge is -2.14. The number of rotatable bonds is 3. The number of amides is 1. The number of nitro benzene ring substituents is 1. The minimum atomic E-state index is -5.52. The van der Waals surface area contributed by atoms with Crippen LogP contribution in [0.2, 0.25) is 0 Å². The molecule has 126 valence electrons. The van der Waals surface area contributed by atoms with Crippen molar-refractivity contribution in [2.45, 2.75) is 12.4 Å². The number of hydrogen-bond acceptors (Lipinski definition) is 4. The molecule has 0 bridgehead atoms. The number of hydrogen-bond donors (Lipinski definition) is 2. The van der Waals surface area contributed by atoms with Crippen molar-refractivity contribution in [3.8, 4) is 0 Å². The average molecular weight is 346 g/mol. The molecule has 1 rings (SSSR count). The van der Waals surface area contributed by atoms with Crippen LogP contribution in [0.3, 0.4) is 0 Å². The maximum absolute atomic E-state index is 12.7. The Bertz CT molecular complexity index is 682. The third-order valence-corrected chi connectivity index (χ3v) is 2.37. The number of carboxylic acids is 1. The van der Waals surface area contributed by atoms with Crippen LogP contribution < -0.4 is 5.32 Å². The van der Waals surface area contributed by atoms with Gasteiger partial charge in [0.05, 0.1) is 16.1 Å². The van der Waals surface area contributed by atoms with Gasteiger partial charge in [-0.05, 0) is 6.07 Å². The first kappa shape index (κ1) is 18.2. The van der Waals surface area contributed by atoms with Crippen LogP contribution in [0, 0.1) is 10.1 Å². The molecule has 2 N–H and O–H groups in total. The standard InChI is InChI=1S/C10H4F6N2O5/c11-9(12,13)4-2-5(17-8(21)10(14,15)16)6(18(22)23)1-3(4)7(19)20/h1-2H,(H,17,21)(H,19,20). The number of carbonyl (C=O) groups excluding carboxylic acids is 1. The van der Waals surface area contributed by atoms with Gasteiger partial charge >= 0.3 is 24.2 Å². The van der Waals surface area contributed by atoms with Gasteiger partial charge in [-0.3, -0.25) is 14.9 Å². The van der Waals surface area contributed by atoms with Crippen LogP contribution >= 0.6 is 0 Å². The van der Waals surface area contributed by atoms with E-state index in [1.807, 2.05) is 0 Å². The minimum absolute atomic E-state index is 0.0862. The van der Waals surface area contributed by atoms with Crippen molar-refractivity contribution in [2.24, 2.45) is 0 Å². The summed E-state index contributed by atoms with van der Waals surface area (Å²) in [5, 5.41) is 20.2. The molecule has 0 aliphatic rings. The fourth-order valence-corrected chi connectivity index (χ4v) is 1.44. The molecule has 0 atom stereocenters. The summed E-state index contributed by atoms with van der Waals surface area (Å²) < 4.78 is 74.5. The Morgan fingerprint density at radius 1 is 1.13 bits per heavy atom. The molecule has 0 aliphatic carbocycles. The fourth-order valence-electron chi connectivity index (χ4n) is 1.44. The van der Waals surface area contributed by atoms with Crippen molar-refractivity contribution in [3.05, 3.63) is 33.4 Å². The lowest BCUT2D eigenvalue weighted by atomic mass is 10.0. The zero-order chi connectivity index (χ0) is 18.2. The van der Waals surface area contributed by atoms with Crippen LogP contribution in [-0.2, 0) is 11.0 Å². The predicted octanol–water partition coefficient (Wildman–Crippen LogP) is 2.81. The summed E-state index contributed by atoms with van der Waals surface area (Å²) in [6.45, 7) is 0.